The van der Waals surface area contributed by atoms with Gasteiger partial charge in [0.15, 0.2) is 0 Å². The van der Waals surface area contributed by atoms with E-state index in [4.69, 9.17) is 23.2 Å². The molecule has 2 heterocycles. The number of benzene rings is 1. The lowest BCUT2D eigenvalue weighted by Crippen LogP contribution is -2.30. The van der Waals surface area contributed by atoms with Crippen molar-refractivity contribution >= 4 is 52.2 Å². The maximum atomic E-state index is 12.6. The van der Waals surface area contributed by atoms with Crippen molar-refractivity contribution in [2.45, 2.75) is 5.37 Å². The molecule has 1 atom stereocenters. The second kappa shape index (κ2) is 5.98. The van der Waals surface area contributed by atoms with Crippen LogP contribution in [0, 0.1) is 0 Å². The first kappa shape index (κ1) is 14.3. The molecule has 1 aromatic heterocycles. The van der Waals surface area contributed by atoms with E-state index in [2.05, 4.69) is 6.07 Å². The Morgan fingerprint density at radius 2 is 2.10 bits per heavy atom. The van der Waals surface area contributed by atoms with Gasteiger partial charge < -0.3 is 4.90 Å². The third kappa shape index (κ3) is 2.70. The van der Waals surface area contributed by atoms with Gasteiger partial charge in [0.2, 0.25) is 0 Å². The van der Waals surface area contributed by atoms with Crippen LogP contribution in [0.15, 0.2) is 35.7 Å². The summed E-state index contributed by atoms with van der Waals surface area (Å²) in [5, 5.41) is 3.03. The molecule has 2 nitrogen and oxygen atoms in total. The Kier molecular flexibility index (Phi) is 4.26. The number of thioether (sulfide) groups is 1. The highest BCUT2D eigenvalue weighted by molar-refractivity contribution is 7.99. The first-order valence-electron chi connectivity index (χ1n) is 6.08. The quantitative estimate of drug-likeness (QED) is 0.769. The van der Waals surface area contributed by atoms with Gasteiger partial charge >= 0.3 is 0 Å². The van der Waals surface area contributed by atoms with Crippen LogP contribution in [0.2, 0.25) is 10.0 Å². The summed E-state index contributed by atoms with van der Waals surface area (Å²) in [7, 11) is 0. The molecule has 0 radical (unpaired) electrons. The molecule has 1 aromatic carbocycles. The largest absolute Gasteiger partial charge is 0.321 e. The second-order valence-electron chi connectivity index (χ2n) is 4.37. The van der Waals surface area contributed by atoms with Gasteiger partial charge in [-0.15, -0.1) is 23.1 Å². The topological polar surface area (TPSA) is 20.3 Å². The van der Waals surface area contributed by atoms with Gasteiger partial charge in [0, 0.05) is 22.7 Å². The summed E-state index contributed by atoms with van der Waals surface area (Å²) >= 11 is 15.4. The van der Waals surface area contributed by atoms with E-state index >= 15 is 0 Å². The van der Waals surface area contributed by atoms with Crippen molar-refractivity contribution < 1.29 is 4.79 Å². The standard InChI is InChI=1S/C14H11Cl2NOS2/c15-10-4-3-9(8-11(10)16)13(18)17-5-7-20-14(17)12-2-1-6-19-12/h1-4,6,8,14H,5,7H2/t14-/m1/s1. The Balaban J connectivity index is 1.87. The van der Waals surface area contributed by atoms with Crippen molar-refractivity contribution in [2.75, 3.05) is 12.3 Å². The van der Waals surface area contributed by atoms with Crippen LogP contribution >= 0.6 is 46.3 Å². The highest BCUT2D eigenvalue weighted by Gasteiger charge is 2.31. The molecule has 0 spiro atoms. The van der Waals surface area contributed by atoms with Crippen LogP contribution in [0.5, 0.6) is 0 Å². The fraction of sp³-hybridized carbons (Fsp3) is 0.214. The Morgan fingerprint density at radius 3 is 2.80 bits per heavy atom. The van der Waals surface area contributed by atoms with E-state index in [1.54, 1.807) is 41.3 Å². The number of hydrogen-bond donors (Lipinski definition) is 0. The number of carbonyl (C=O) groups excluding carboxylic acids is 1. The fourth-order valence-electron chi connectivity index (χ4n) is 2.14. The lowest BCUT2D eigenvalue weighted by molar-refractivity contribution is 0.0762. The van der Waals surface area contributed by atoms with Crippen molar-refractivity contribution in [1.82, 2.24) is 4.90 Å². The van der Waals surface area contributed by atoms with Crippen molar-refractivity contribution in [3.8, 4) is 0 Å². The first-order chi connectivity index (χ1) is 9.66. The second-order valence-corrected chi connectivity index (χ2v) is 7.35. The minimum Gasteiger partial charge on any atom is -0.321 e. The molecule has 0 N–H and O–H groups in total. The van der Waals surface area contributed by atoms with Gasteiger partial charge in [-0.25, -0.2) is 0 Å². The van der Waals surface area contributed by atoms with Crippen LogP contribution < -0.4 is 0 Å². The van der Waals surface area contributed by atoms with E-state index in [1.807, 2.05) is 16.3 Å². The zero-order chi connectivity index (χ0) is 14.1. The summed E-state index contributed by atoms with van der Waals surface area (Å²) < 4.78 is 0. The minimum absolute atomic E-state index is 0.00645. The van der Waals surface area contributed by atoms with Crippen molar-refractivity contribution in [1.29, 1.82) is 0 Å². The van der Waals surface area contributed by atoms with E-state index in [9.17, 15) is 4.79 Å². The molecular formula is C14H11Cl2NOS2. The summed E-state index contributed by atoms with van der Waals surface area (Å²) in [6, 6.07) is 9.12. The van der Waals surface area contributed by atoms with Gasteiger partial charge in [-0.2, -0.15) is 0 Å². The fourth-order valence-corrected chi connectivity index (χ4v) is 4.67. The number of halogens is 2. The molecular weight excluding hydrogens is 333 g/mol. The van der Waals surface area contributed by atoms with Gasteiger partial charge in [-0.3, -0.25) is 4.79 Å². The SMILES string of the molecule is O=C(c1ccc(Cl)c(Cl)c1)N1CCS[C@@H]1c1cccs1. The number of amides is 1. The molecule has 6 heteroatoms. The third-order valence-electron chi connectivity index (χ3n) is 3.10. The average molecular weight is 344 g/mol. The summed E-state index contributed by atoms with van der Waals surface area (Å²) in [5.74, 6) is 0.960. The highest BCUT2D eigenvalue weighted by atomic mass is 35.5. The number of hydrogen-bond acceptors (Lipinski definition) is 3. The Hall–Kier alpha value is -0.680. The molecule has 20 heavy (non-hydrogen) atoms. The summed E-state index contributed by atoms with van der Waals surface area (Å²) in [6.07, 6.45) is 0. The van der Waals surface area contributed by atoms with E-state index in [0.717, 1.165) is 12.3 Å². The number of carbonyl (C=O) groups is 1. The Labute approximate surface area is 135 Å². The van der Waals surface area contributed by atoms with Gasteiger partial charge in [-0.1, -0.05) is 29.3 Å². The van der Waals surface area contributed by atoms with Gasteiger partial charge in [-0.05, 0) is 29.6 Å². The van der Waals surface area contributed by atoms with Crippen LogP contribution in [0.1, 0.15) is 20.6 Å². The third-order valence-corrected chi connectivity index (χ3v) is 6.16. The van der Waals surface area contributed by atoms with Crippen LogP contribution in [-0.4, -0.2) is 23.1 Å². The predicted octanol–water partition coefficient (Wildman–Crippen LogP) is 4.94. The number of nitrogens with zero attached hydrogens (tertiary/aromatic N) is 1. The molecule has 1 fully saturated rings. The van der Waals surface area contributed by atoms with Crippen LogP contribution in [0.4, 0.5) is 0 Å². The smallest absolute Gasteiger partial charge is 0.255 e. The lowest BCUT2D eigenvalue weighted by Gasteiger charge is -2.23. The zero-order valence-corrected chi connectivity index (χ0v) is 13.5. The molecule has 1 amide bonds. The molecule has 0 unspecified atom stereocenters. The molecule has 0 bridgehead atoms. The Morgan fingerprint density at radius 1 is 1.25 bits per heavy atom. The van der Waals surface area contributed by atoms with Crippen LogP contribution in [0.25, 0.3) is 0 Å². The molecule has 0 saturated carbocycles. The molecule has 1 aliphatic rings. The summed E-state index contributed by atoms with van der Waals surface area (Å²) in [4.78, 5) is 15.7. The van der Waals surface area contributed by atoms with E-state index in [-0.39, 0.29) is 11.3 Å². The van der Waals surface area contributed by atoms with Crippen LogP contribution in [0.3, 0.4) is 0 Å². The normalized spacial score (nSPS) is 18.5. The predicted molar refractivity (Wildman–Crippen MR) is 87.0 cm³/mol. The lowest BCUT2D eigenvalue weighted by atomic mass is 10.2. The number of rotatable bonds is 2. The molecule has 0 aliphatic carbocycles. The molecule has 2 aromatic rings. The molecule has 1 saturated heterocycles. The number of thiophene rings is 1. The van der Waals surface area contributed by atoms with Crippen molar-refractivity contribution in [3.63, 3.8) is 0 Å². The van der Waals surface area contributed by atoms with Crippen molar-refractivity contribution in [3.05, 3.63) is 56.2 Å². The summed E-state index contributed by atoms with van der Waals surface area (Å²) in [6.45, 7) is 0.756. The van der Waals surface area contributed by atoms with Gasteiger partial charge in [0.1, 0.15) is 5.37 Å². The molecule has 104 valence electrons. The Bertz CT molecular complexity index is 630. The van der Waals surface area contributed by atoms with Crippen molar-refractivity contribution in [2.24, 2.45) is 0 Å². The van der Waals surface area contributed by atoms with E-state index < -0.39 is 0 Å². The van der Waals surface area contributed by atoms with E-state index in [0.29, 0.717) is 15.6 Å². The van der Waals surface area contributed by atoms with Crippen LogP contribution in [-0.2, 0) is 0 Å². The monoisotopic (exact) mass is 343 g/mol. The maximum Gasteiger partial charge on any atom is 0.255 e. The van der Waals surface area contributed by atoms with Gasteiger partial charge in [0.25, 0.3) is 5.91 Å². The highest BCUT2D eigenvalue weighted by Crippen LogP contribution is 2.40. The minimum atomic E-state index is 0.00645. The molecule has 3 rings (SSSR count). The first-order valence-corrected chi connectivity index (χ1v) is 8.76. The zero-order valence-electron chi connectivity index (χ0n) is 10.4. The van der Waals surface area contributed by atoms with Gasteiger partial charge in [0.05, 0.1) is 10.0 Å². The van der Waals surface area contributed by atoms with E-state index in [1.165, 1.54) is 4.88 Å². The maximum absolute atomic E-state index is 12.6. The molecule has 1 aliphatic heterocycles. The average Bonchev–Trinajstić information content (AvgIpc) is 3.10. The summed E-state index contributed by atoms with van der Waals surface area (Å²) in [5.41, 5.74) is 0.587.